The summed E-state index contributed by atoms with van der Waals surface area (Å²) in [5, 5.41) is 13.1. The van der Waals surface area contributed by atoms with Crippen molar-refractivity contribution < 1.29 is 9.53 Å². The van der Waals surface area contributed by atoms with Gasteiger partial charge in [0.15, 0.2) is 6.61 Å². The molecular weight excluding hydrogens is 487 g/mol. The molecular formula is C23H15BrCl2N2O2. The zero-order chi connectivity index (χ0) is 21.5. The highest BCUT2D eigenvalue weighted by molar-refractivity contribution is 9.10. The van der Waals surface area contributed by atoms with Crippen molar-refractivity contribution in [3.05, 3.63) is 92.4 Å². The summed E-state index contributed by atoms with van der Waals surface area (Å²) in [5.74, 6) is 0.0570. The second-order valence-electron chi connectivity index (χ2n) is 6.21. The highest BCUT2D eigenvalue weighted by atomic mass is 79.9. The van der Waals surface area contributed by atoms with Gasteiger partial charge in [0.1, 0.15) is 5.75 Å². The summed E-state index contributed by atoms with van der Waals surface area (Å²) in [6.45, 7) is -0.195. The fraction of sp³-hybridized carbons (Fsp3) is 0.0435. The molecule has 3 aromatic rings. The number of amides is 1. The zero-order valence-electron chi connectivity index (χ0n) is 15.5. The molecule has 30 heavy (non-hydrogen) atoms. The lowest BCUT2D eigenvalue weighted by atomic mass is 10.0. The van der Waals surface area contributed by atoms with E-state index in [0.29, 0.717) is 27.1 Å². The Morgan fingerprint density at radius 1 is 1.07 bits per heavy atom. The molecule has 1 amide bonds. The predicted octanol–water partition coefficient (Wildman–Crippen LogP) is 6.84. The van der Waals surface area contributed by atoms with Gasteiger partial charge in [-0.05, 0) is 65.7 Å². The third-order valence-electron chi connectivity index (χ3n) is 4.03. The smallest absolute Gasteiger partial charge is 0.262 e. The van der Waals surface area contributed by atoms with Gasteiger partial charge in [-0.1, -0.05) is 57.3 Å². The molecule has 1 N–H and O–H groups in total. The Labute approximate surface area is 192 Å². The van der Waals surface area contributed by atoms with E-state index in [0.717, 1.165) is 15.6 Å². The number of rotatable bonds is 6. The number of nitriles is 1. The van der Waals surface area contributed by atoms with Crippen molar-refractivity contribution in [2.24, 2.45) is 0 Å². The predicted molar refractivity (Wildman–Crippen MR) is 125 cm³/mol. The van der Waals surface area contributed by atoms with Crippen molar-refractivity contribution in [2.75, 3.05) is 11.9 Å². The van der Waals surface area contributed by atoms with Gasteiger partial charge in [0.05, 0.1) is 16.7 Å². The van der Waals surface area contributed by atoms with Crippen molar-refractivity contribution in [3.63, 3.8) is 0 Å². The molecule has 0 saturated carbocycles. The number of anilines is 1. The molecule has 0 aromatic heterocycles. The Morgan fingerprint density at radius 3 is 2.40 bits per heavy atom. The number of hydrogen-bond donors (Lipinski definition) is 1. The van der Waals surface area contributed by atoms with Crippen molar-refractivity contribution >= 4 is 62.4 Å². The number of hydrogen-bond acceptors (Lipinski definition) is 3. The Kier molecular flexibility index (Phi) is 7.53. The average molecular weight is 502 g/mol. The van der Waals surface area contributed by atoms with Gasteiger partial charge < -0.3 is 10.1 Å². The van der Waals surface area contributed by atoms with Gasteiger partial charge in [0.25, 0.3) is 5.91 Å². The van der Waals surface area contributed by atoms with Crippen LogP contribution in [0.4, 0.5) is 5.69 Å². The van der Waals surface area contributed by atoms with Crippen LogP contribution in [-0.2, 0) is 4.79 Å². The molecule has 0 heterocycles. The maximum Gasteiger partial charge on any atom is 0.262 e. The maximum atomic E-state index is 12.1. The molecule has 0 saturated heterocycles. The van der Waals surface area contributed by atoms with Gasteiger partial charge in [-0.3, -0.25) is 4.79 Å². The Bertz CT molecular complexity index is 1120. The molecule has 0 bridgehead atoms. The molecule has 0 spiro atoms. The van der Waals surface area contributed by atoms with Crippen LogP contribution < -0.4 is 10.1 Å². The molecule has 0 unspecified atom stereocenters. The highest BCUT2D eigenvalue weighted by Gasteiger charge is 2.08. The van der Waals surface area contributed by atoms with E-state index in [2.05, 4.69) is 27.3 Å². The van der Waals surface area contributed by atoms with Crippen molar-refractivity contribution in [1.29, 1.82) is 5.26 Å². The van der Waals surface area contributed by atoms with Crippen molar-refractivity contribution in [1.82, 2.24) is 0 Å². The van der Waals surface area contributed by atoms with Gasteiger partial charge in [0.2, 0.25) is 0 Å². The van der Waals surface area contributed by atoms with E-state index in [4.69, 9.17) is 27.9 Å². The minimum absolute atomic E-state index is 0.195. The normalized spacial score (nSPS) is 10.9. The largest absolute Gasteiger partial charge is 0.482 e. The van der Waals surface area contributed by atoms with Gasteiger partial charge in [0, 0.05) is 15.2 Å². The van der Waals surface area contributed by atoms with Crippen LogP contribution in [0, 0.1) is 11.3 Å². The summed E-state index contributed by atoms with van der Waals surface area (Å²) in [6, 6.07) is 21.6. The first-order valence-electron chi connectivity index (χ1n) is 8.80. The number of halogens is 3. The molecule has 3 aromatic carbocycles. The Balaban J connectivity index is 1.66. The number of nitrogens with one attached hydrogen (secondary N) is 1. The third kappa shape index (κ3) is 6.11. The summed E-state index contributed by atoms with van der Waals surface area (Å²) in [7, 11) is 0. The van der Waals surface area contributed by atoms with Gasteiger partial charge in [-0.25, -0.2) is 0 Å². The first-order chi connectivity index (χ1) is 14.4. The molecule has 0 aliphatic carbocycles. The van der Waals surface area contributed by atoms with Crippen LogP contribution in [0.2, 0.25) is 10.0 Å². The average Bonchev–Trinajstić information content (AvgIpc) is 2.74. The second-order valence-corrected chi connectivity index (χ2v) is 7.97. The third-order valence-corrected chi connectivity index (χ3v) is 5.11. The van der Waals surface area contributed by atoms with E-state index in [1.807, 2.05) is 24.3 Å². The van der Waals surface area contributed by atoms with Crippen LogP contribution in [0.5, 0.6) is 5.75 Å². The fourth-order valence-corrected chi connectivity index (χ4v) is 3.21. The summed E-state index contributed by atoms with van der Waals surface area (Å²) in [4.78, 5) is 12.1. The number of ether oxygens (including phenoxy) is 1. The van der Waals surface area contributed by atoms with Crippen molar-refractivity contribution in [2.45, 2.75) is 0 Å². The Hall–Kier alpha value is -2.78. The molecule has 4 nitrogen and oxygen atoms in total. The summed E-state index contributed by atoms with van der Waals surface area (Å²) in [5.41, 5.74) is 2.68. The molecule has 0 aliphatic heterocycles. The molecule has 0 radical (unpaired) electrons. The van der Waals surface area contributed by atoms with E-state index in [9.17, 15) is 10.1 Å². The minimum atomic E-state index is -0.320. The molecule has 150 valence electrons. The highest BCUT2D eigenvalue weighted by Crippen LogP contribution is 2.28. The van der Waals surface area contributed by atoms with Crippen LogP contribution in [0.3, 0.4) is 0 Å². The first-order valence-corrected chi connectivity index (χ1v) is 10.3. The van der Waals surface area contributed by atoms with Gasteiger partial charge in [-0.2, -0.15) is 5.26 Å². The molecule has 7 heteroatoms. The van der Waals surface area contributed by atoms with E-state index < -0.39 is 0 Å². The lowest BCUT2D eigenvalue weighted by Crippen LogP contribution is -2.20. The summed E-state index contributed by atoms with van der Waals surface area (Å²) >= 11 is 15.5. The number of benzene rings is 3. The zero-order valence-corrected chi connectivity index (χ0v) is 18.6. The topological polar surface area (TPSA) is 62.1 Å². The first kappa shape index (κ1) is 21.9. The van der Waals surface area contributed by atoms with Crippen LogP contribution in [0.1, 0.15) is 11.1 Å². The second kappa shape index (κ2) is 10.3. The van der Waals surface area contributed by atoms with E-state index in [1.165, 1.54) is 0 Å². The van der Waals surface area contributed by atoms with E-state index in [-0.39, 0.29) is 12.5 Å². The standard InChI is InChI=1S/C23H15BrCl2N2O2/c24-18-4-2-16(3-5-18)17(13-27)11-15-1-10-22(21(26)12-15)30-14-23(29)28-20-8-6-19(25)7-9-20/h1-12H,14H2,(H,28,29)/b17-11+. The number of nitrogens with zero attached hydrogens (tertiary/aromatic N) is 1. The molecule has 0 aliphatic rings. The molecule has 0 atom stereocenters. The van der Waals surface area contributed by atoms with Crippen LogP contribution in [-0.4, -0.2) is 12.5 Å². The summed E-state index contributed by atoms with van der Waals surface area (Å²) < 4.78 is 6.46. The maximum absolute atomic E-state index is 12.1. The van der Waals surface area contributed by atoms with Crippen LogP contribution in [0.15, 0.2) is 71.2 Å². The lowest BCUT2D eigenvalue weighted by molar-refractivity contribution is -0.118. The number of carbonyl (C=O) groups excluding carboxylic acids is 1. The van der Waals surface area contributed by atoms with Crippen molar-refractivity contribution in [3.8, 4) is 11.8 Å². The quantitative estimate of drug-likeness (QED) is 0.297. The Morgan fingerprint density at radius 2 is 1.77 bits per heavy atom. The van der Waals surface area contributed by atoms with Gasteiger partial charge >= 0.3 is 0 Å². The molecule has 3 rings (SSSR count). The summed E-state index contributed by atoms with van der Waals surface area (Å²) in [6.07, 6.45) is 1.74. The minimum Gasteiger partial charge on any atom is -0.482 e. The number of allylic oxidation sites excluding steroid dienone is 1. The SMILES string of the molecule is N#C/C(=C\c1ccc(OCC(=O)Nc2ccc(Cl)cc2)c(Cl)c1)c1ccc(Br)cc1. The van der Waals surface area contributed by atoms with E-state index in [1.54, 1.807) is 48.5 Å². The van der Waals surface area contributed by atoms with E-state index >= 15 is 0 Å². The molecule has 0 fully saturated rings. The fourth-order valence-electron chi connectivity index (χ4n) is 2.57. The number of carbonyl (C=O) groups is 1. The van der Waals surface area contributed by atoms with Crippen LogP contribution >= 0.6 is 39.1 Å². The lowest BCUT2D eigenvalue weighted by Gasteiger charge is -2.09. The van der Waals surface area contributed by atoms with Gasteiger partial charge in [-0.15, -0.1) is 0 Å². The monoisotopic (exact) mass is 500 g/mol. The van der Waals surface area contributed by atoms with Crippen LogP contribution in [0.25, 0.3) is 11.6 Å².